The molecule has 0 bridgehead atoms. The minimum Gasteiger partial charge on any atom is -0.326 e. The van der Waals surface area contributed by atoms with Crippen molar-refractivity contribution in [2.75, 3.05) is 7.05 Å². The number of imide groups is 1. The molecule has 1 aromatic rings. The lowest BCUT2D eigenvalue weighted by atomic mass is 9.96. The van der Waals surface area contributed by atoms with Crippen molar-refractivity contribution in [3.8, 4) is 0 Å². The molecule has 144 valence electrons. The van der Waals surface area contributed by atoms with E-state index in [9.17, 15) is 27.6 Å². The van der Waals surface area contributed by atoms with Crippen LogP contribution in [0.5, 0.6) is 0 Å². The minimum absolute atomic E-state index is 0.0574. The second-order valence-corrected chi connectivity index (χ2v) is 6.02. The van der Waals surface area contributed by atoms with Gasteiger partial charge < -0.3 is 5.73 Å². The van der Waals surface area contributed by atoms with Crippen LogP contribution in [0.2, 0.25) is 0 Å². The molecule has 1 atom stereocenters. The molecule has 0 aromatic heterocycles. The van der Waals surface area contributed by atoms with Gasteiger partial charge in [0.1, 0.15) is 6.29 Å². The molecular weight excluding hydrogens is 351 g/mol. The Hall–Kier alpha value is -2.26. The Morgan fingerprint density at radius 3 is 2.50 bits per heavy atom. The van der Waals surface area contributed by atoms with E-state index in [0.29, 0.717) is 12.7 Å². The van der Waals surface area contributed by atoms with Crippen molar-refractivity contribution in [3.63, 3.8) is 0 Å². The van der Waals surface area contributed by atoms with E-state index in [-0.39, 0.29) is 48.7 Å². The van der Waals surface area contributed by atoms with Crippen LogP contribution in [0.4, 0.5) is 13.2 Å². The molecule has 1 unspecified atom stereocenters. The van der Waals surface area contributed by atoms with E-state index >= 15 is 0 Å². The van der Waals surface area contributed by atoms with Gasteiger partial charge in [-0.25, -0.2) is 0 Å². The Morgan fingerprint density at radius 2 is 2.00 bits per heavy atom. The average molecular weight is 373 g/mol. The number of nitrogens with one attached hydrogen (secondary N) is 1. The minimum atomic E-state index is -4.62. The molecule has 0 heterocycles. The molecule has 0 spiro atoms. The van der Waals surface area contributed by atoms with E-state index in [1.165, 1.54) is 6.07 Å². The number of hydrogen-bond acceptors (Lipinski definition) is 5. The number of hydrogen-bond donors (Lipinski definition) is 2. The van der Waals surface area contributed by atoms with Crippen LogP contribution in [0.15, 0.2) is 12.1 Å². The highest BCUT2D eigenvalue weighted by molar-refractivity contribution is 5.85. The molecule has 0 aliphatic carbocycles. The Bertz CT molecular complexity index is 663. The van der Waals surface area contributed by atoms with Gasteiger partial charge in [-0.15, -0.1) is 0 Å². The average Bonchev–Trinajstić information content (AvgIpc) is 2.58. The highest BCUT2D eigenvalue weighted by Gasteiger charge is 2.35. The van der Waals surface area contributed by atoms with Crippen LogP contribution in [0.3, 0.4) is 0 Å². The molecule has 0 fully saturated rings. The largest absolute Gasteiger partial charge is 0.416 e. The standard InChI is InChI=1S/C17H22F3N3O3/c1-11(3-4-16(26)22-10-25)23(2)8-14-13(9-24)5-12(7-21)6-15(14)17(18,19)20/h5-6,9-11H,3-4,7-8,21H2,1-2H3,(H,22,25,26). The monoisotopic (exact) mass is 373 g/mol. The normalized spacial score (nSPS) is 12.7. The van der Waals surface area contributed by atoms with Crippen LogP contribution in [-0.4, -0.2) is 36.6 Å². The molecule has 1 rings (SSSR count). The summed E-state index contributed by atoms with van der Waals surface area (Å²) in [4.78, 5) is 34.4. The maximum atomic E-state index is 13.4. The first-order valence-corrected chi connectivity index (χ1v) is 7.95. The summed E-state index contributed by atoms with van der Waals surface area (Å²) in [6.07, 6.45) is -3.55. The fourth-order valence-electron chi connectivity index (χ4n) is 2.51. The molecule has 9 heteroatoms. The van der Waals surface area contributed by atoms with Crippen molar-refractivity contribution in [1.29, 1.82) is 0 Å². The van der Waals surface area contributed by atoms with Crippen LogP contribution >= 0.6 is 0 Å². The third kappa shape index (κ3) is 5.92. The molecular formula is C17H22F3N3O3. The topological polar surface area (TPSA) is 92.5 Å². The molecule has 26 heavy (non-hydrogen) atoms. The fourth-order valence-corrected chi connectivity index (χ4v) is 2.51. The number of rotatable bonds is 9. The van der Waals surface area contributed by atoms with Crippen molar-refractivity contribution < 1.29 is 27.6 Å². The first-order chi connectivity index (χ1) is 12.1. The predicted molar refractivity (Wildman–Crippen MR) is 89.1 cm³/mol. The van der Waals surface area contributed by atoms with Crippen LogP contribution in [-0.2, 0) is 28.9 Å². The number of nitrogens with two attached hydrogens (primary N) is 1. The zero-order chi connectivity index (χ0) is 19.9. The third-order valence-corrected chi connectivity index (χ3v) is 4.18. The van der Waals surface area contributed by atoms with Crippen LogP contribution in [0.25, 0.3) is 0 Å². The summed E-state index contributed by atoms with van der Waals surface area (Å²) in [5.74, 6) is -0.461. The van der Waals surface area contributed by atoms with Gasteiger partial charge in [0, 0.05) is 31.1 Å². The van der Waals surface area contributed by atoms with Gasteiger partial charge in [0.15, 0.2) is 0 Å². The highest BCUT2D eigenvalue weighted by Crippen LogP contribution is 2.35. The molecule has 0 radical (unpaired) electrons. The van der Waals surface area contributed by atoms with Crippen LogP contribution in [0.1, 0.15) is 46.8 Å². The van der Waals surface area contributed by atoms with E-state index in [4.69, 9.17) is 5.73 Å². The van der Waals surface area contributed by atoms with Crippen molar-refractivity contribution in [2.24, 2.45) is 5.73 Å². The first-order valence-electron chi connectivity index (χ1n) is 7.95. The lowest BCUT2D eigenvalue weighted by molar-refractivity contribution is -0.138. The summed E-state index contributed by atoms with van der Waals surface area (Å²) >= 11 is 0. The fraction of sp³-hybridized carbons (Fsp3) is 0.471. The second kappa shape index (κ2) is 9.44. The van der Waals surface area contributed by atoms with Gasteiger partial charge in [0.2, 0.25) is 12.3 Å². The zero-order valence-electron chi connectivity index (χ0n) is 14.6. The number of amides is 2. The number of carbonyl (C=O) groups excluding carboxylic acids is 3. The zero-order valence-corrected chi connectivity index (χ0v) is 14.6. The number of halogens is 3. The molecule has 0 aliphatic rings. The van der Waals surface area contributed by atoms with E-state index in [2.05, 4.69) is 0 Å². The van der Waals surface area contributed by atoms with Crippen molar-refractivity contribution in [3.05, 3.63) is 34.4 Å². The van der Waals surface area contributed by atoms with Gasteiger partial charge in [0.25, 0.3) is 0 Å². The Balaban J connectivity index is 3.04. The molecule has 0 aliphatic heterocycles. The molecule has 1 aromatic carbocycles. The predicted octanol–water partition coefficient (Wildman–Crippen LogP) is 1.85. The molecule has 0 saturated heterocycles. The number of benzene rings is 1. The number of aldehydes is 1. The lowest BCUT2D eigenvalue weighted by Crippen LogP contribution is -2.32. The maximum absolute atomic E-state index is 13.4. The maximum Gasteiger partial charge on any atom is 0.416 e. The second-order valence-electron chi connectivity index (χ2n) is 6.02. The Labute approximate surface area is 149 Å². The SMILES string of the molecule is CC(CCC(=O)NC=O)N(C)Cc1c(C=O)cc(CN)cc1C(F)(F)F. The van der Waals surface area contributed by atoms with Crippen molar-refractivity contribution in [2.45, 2.75) is 45.1 Å². The van der Waals surface area contributed by atoms with Gasteiger partial charge in [-0.2, -0.15) is 13.2 Å². The van der Waals surface area contributed by atoms with Crippen LogP contribution in [0, 0.1) is 0 Å². The summed E-state index contributed by atoms with van der Waals surface area (Å²) in [7, 11) is 1.61. The Morgan fingerprint density at radius 1 is 1.35 bits per heavy atom. The van der Waals surface area contributed by atoms with Gasteiger partial charge in [0.05, 0.1) is 5.56 Å². The number of carbonyl (C=O) groups is 3. The molecule has 6 nitrogen and oxygen atoms in total. The van der Waals surface area contributed by atoms with Gasteiger partial charge in [-0.1, -0.05) is 0 Å². The summed E-state index contributed by atoms with van der Waals surface area (Å²) < 4.78 is 40.2. The van der Waals surface area contributed by atoms with Gasteiger partial charge >= 0.3 is 6.18 Å². The summed E-state index contributed by atoms with van der Waals surface area (Å²) in [6, 6.07) is 2.06. The first kappa shape index (κ1) is 21.8. The highest BCUT2D eigenvalue weighted by atomic mass is 19.4. The molecule has 3 N–H and O–H groups in total. The molecule has 2 amide bonds. The quantitative estimate of drug-likeness (QED) is 0.645. The van der Waals surface area contributed by atoms with E-state index in [1.54, 1.807) is 18.9 Å². The Kier molecular flexibility index (Phi) is 7.91. The van der Waals surface area contributed by atoms with Crippen molar-refractivity contribution >= 4 is 18.6 Å². The number of alkyl halides is 3. The van der Waals surface area contributed by atoms with E-state index in [0.717, 1.165) is 6.07 Å². The van der Waals surface area contributed by atoms with Crippen LogP contribution < -0.4 is 11.1 Å². The summed E-state index contributed by atoms with van der Waals surface area (Å²) in [6.45, 7) is 1.52. The van der Waals surface area contributed by atoms with Gasteiger partial charge in [-0.3, -0.25) is 24.6 Å². The molecule has 0 saturated carbocycles. The van der Waals surface area contributed by atoms with E-state index < -0.39 is 17.6 Å². The summed E-state index contributed by atoms with van der Waals surface area (Å²) in [5, 5.41) is 2.00. The smallest absolute Gasteiger partial charge is 0.326 e. The van der Waals surface area contributed by atoms with Gasteiger partial charge in [-0.05, 0) is 43.7 Å². The lowest BCUT2D eigenvalue weighted by Gasteiger charge is -2.27. The number of nitrogens with zero attached hydrogens (tertiary/aromatic N) is 1. The third-order valence-electron chi connectivity index (χ3n) is 4.18. The van der Waals surface area contributed by atoms with E-state index in [1.807, 2.05) is 5.32 Å². The summed E-state index contributed by atoms with van der Waals surface area (Å²) in [5.41, 5.74) is 4.57. The van der Waals surface area contributed by atoms with Crippen molar-refractivity contribution in [1.82, 2.24) is 10.2 Å².